The van der Waals surface area contributed by atoms with Crippen LogP contribution in [0.4, 0.5) is 17.2 Å². The SMILES string of the molecule is CCN(CC)c1ccc(/N=C2/C(C(=O)OC(O)(O)C#CC#CC#CC(O)(O)O)=Nc3c(C(=O)/N=C/OC)c(C)nn32)c(C)c1. The lowest BCUT2D eigenvalue weighted by molar-refractivity contribution is -0.275. The maximum Gasteiger partial charge on any atom is 0.396 e. The first kappa shape index (κ1) is 33.2. The molecule has 2 aromatic rings. The van der Waals surface area contributed by atoms with Gasteiger partial charge in [0.05, 0.1) is 18.5 Å². The van der Waals surface area contributed by atoms with Crippen LogP contribution in [0.1, 0.15) is 35.5 Å². The maximum absolute atomic E-state index is 13.2. The average molecular weight is 605 g/mol. The minimum Gasteiger partial charge on any atom is -0.486 e. The van der Waals surface area contributed by atoms with Gasteiger partial charge in [0.2, 0.25) is 0 Å². The van der Waals surface area contributed by atoms with Crippen LogP contribution in [0.5, 0.6) is 0 Å². The van der Waals surface area contributed by atoms with Crippen molar-refractivity contribution in [3.05, 3.63) is 35.0 Å². The zero-order valence-corrected chi connectivity index (χ0v) is 24.3. The van der Waals surface area contributed by atoms with E-state index >= 15 is 0 Å². The zero-order valence-electron chi connectivity index (χ0n) is 24.3. The maximum atomic E-state index is 13.2. The lowest BCUT2D eigenvalue weighted by Gasteiger charge is -2.21. The fraction of sp³-hybridized carbons (Fsp3) is 0.310. The quantitative estimate of drug-likeness (QED) is 0.0864. The normalized spacial score (nSPS) is 13.1. The second-order valence-electron chi connectivity index (χ2n) is 8.89. The van der Waals surface area contributed by atoms with Gasteiger partial charge in [0.1, 0.15) is 5.56 Å². The average Bonchev–Trinajstić information content (AvgIpc) is 3.45. The van der Waals surface area contributed by atoms with E-state index in [0.29, 0.717) is 5.69 Å². The Labute approximate surface area is 251 Å². The molecule has 1 aliphatic heterocycles. The predicted molar refractivity (Wildman–Crippen MR) is 157 cm³/mol. The Morgan fingerprint density at radius 3 is 2.30 bits per heavy atom. The number of aliphatic hydroxyl groups is 5. The fourth-order valence-corrected chi connectivity index (χ4v) is 3.83. The summed E-state index contributed by atoms with van der Waals surface area (Å²) in [6.45, 7) is 8.97. The Kier molecular flexibility index (Phi) is 10.4. The molecule has 1 aromatic heterocycles. The van der Waals surface area contributed by atoms with E-state index in [2.05, 4.69) is 25.0 Å². The van der Waals surface area contributed by atoms with Crippen LogP contribution in [0.15, 0.2) is 33.2 Å². The van der Waals surface area contributed by atoms with Gasteiger partial charge in [-0.15, -0.1) is 0 Å². The topological polar surface area (TPSA) is 212 Å². The number of ether oxygens (including phenoxy) is 2. The molecule has 0 atom stereocenters. The second-order valence-corrected chi connectivity index (χ2v) is 8.89. The number of hydrogen-bond donors (Lipinski definition) is 5. The van der Waals surface area contributed by atoms with Gasteiger partial charge >= 0.3 is 17.9 Å². The smallest absolute Gasteiger partial charge is 0.396 e. The summed E-state index contributed by atoms with van der Waals surface area (Å²) in [4.78, 5) is 40.5. The number of rotatable bonds is 8. The zero-order chi connectivity index (χ0) is 32.7. The highest BCUT2D eigenvalue weighted by atomic mass is 16.8. The van der Waals surface area contributed by atoms with Gasteiger partial charge in [-0.25, -0.2) is 14.8 Å². The minimum absolute atomic E-state index is 0.0597. The summed E-state index contributed by atoms with van der Waals surface area (Å²) in [6, 6.07) is 5.49. The molecule has 0 fully saturated rings. The molecule has 0 bridgehead atoms. The van der Waals surface area contributed by atoms with Gasteiger partial charge in [0, 0.05) is 30.6 Å². The number of anilines is 1. The summed E-state index contributed by atoms with van der Waals surface area (Å²) in [7, 11) is 1.30. The molecule has 0 saturated carbocycles. The molecule has 0 aliphatic carbocycles. The number of carbonyl (C=O) groups excluding carboxylic acids is 2. The summed E-state index contributed by atoms with van der Waals surface area (Å²) < 4.78 is 10.6. The summed E-state index contributed by atoms with van der Waals surface area (Å²) in [5.41, 5.74) is 1.76. The van der Waals surface area contributed by atoms with Gasteiger partial charge in [0.15, 0.2) is 23.8 Å². The number of hydrogen-bond acceptors (Lipinski definition) is 13. The Morgan fingerprint density at radius 1 is 1.05 bits per heavy atom. The van der Waals surface area contributed by atoms with E-state index in [-0.39, 0.29) is 22.9 Å². The van der Waals surface area contributed by atoms with Crippen molar-refractivity contribution >= 4 is 47.0 Å². The first-order valence-electron chi connectivity index (χ1n) is 12.8. The number of aromatic nitrogens is 2. The van der Waals surface area contributed by atoms with Gasteiger partial charge in [-0.1, -0.05) is 0 Å². The third-order valence-electron chi connectivity index (χ3n) is 5.76. The van der Waals surface area contributed by atoms with Gasteiger partial charge in [-0.3, -0.25) is 4.79 Å². The van der Waals surface area contributed by atoms with Crippen LogP contribution in [0, 0.1) is 49.4 Å². The van der Waals surface area contributed by atoms with Crippen LogP contribution in [-0.4, -0.2) is 97.3 Å². The molecular weight excluding hydrogens is 576 g/mol. The Bertz CT molecular complexity index is 1740. The van der Waals surface area contributed by atoms with Crippen LogP contribution in [0.25, 0.3) is 0 Å². The van der Waals surface area contributed by atoms with Crippen LogP contribution >= 0.6 is 0 Å². The minimum atomic E-state index is -3.37. The van der Waals surface area contributed by atoms with Crippen molar-refractivity contribution in [3.63, 3.8) is 0 Å². The van der Waals surface area contributed by atoms with Crippen molar-refractivity contribution in [2.75, 3.05) is 25.1 Å². The number of amides is 1. The highest BCUT2D eigenvalue weighted by Gasteiger charge is 2.38. The number of methoxy groups -OCH3 is 1. The van der Waals surface area contributed by atoms with Crippen LogP contribution < -0.4 is 4.90 Å². The standard InChI is InChI=1S/C29H28N6O9/c1-6-34(7-2)20-12-13-21(18(3)16-20)31-25-23(32-24-22(19(4)33-35(24)25)26(36)30-17-43-5)27(37)44-29(41,42)15-11-9-8-10-14-28(38,39)40/h12-13,16-17,38-42H,6-7H2,1-5H3/b30-17+,31-25-. The van der Waals surface area contributed by atoms with E-state index in [4.69, 9.17) is 24.8 Å². The number of aryl methyl sites for hydroxylation is 2. The Hall–Kier alpha value is -5.34. The van der Waals surface area contributed by atoms with Crippen molar-refractivity contribution in [1.29, 1.82) is 0 Å². The van der Waals surface area contributed by atoms with E-state index in [1.54, 1.807) is 17.9 Å². The van der Waals surface area contributed by atoms with E-state index in [1.807, 2.05) is 56.6 Å². The number of esters is 1. The number of benzene rings is 1. The highest BCUT2D eigenvalue weighted by molar-refractivity contribution is 6.67. The monoisotopic (exact) mass is 604 g/mol. The van der Waals surface area contributed by atoms with Gasteiger partial charge in [-0.05, 0) is 75.1 Å². The van der Waals surface area contributed by atoms with E-state index in [0.717, 1.165) is 35.4 Å². The molecule has 228 valence electrons. The van der Waals surface area contributed by atoms with E-state index < -0.39 is 29.5 Å². The molecule has 1 amide bonds. The number of carbonyl (C=O) groups is 2. The molecule has 15 nitrogen and oxygen atoms in total. The largest absolute Gasteiger partial charge is 0.486 e. The molecule has 1 aliphatic rings. The lowest BCUT2D eigenvalue weighted by Crippen LogP contribution is -2.38. The van der Waals surface area contributed by atoms with Crippen molar-refractivity contribution in [2.45, 2.75) is 39.6 Å². The lowest BCUT2D eigenvalue weighted by atomic mass is 10.1. The summed E-state index contributed by atoms with van der Waals surface area (Å²) >= 11 is 0. The van der Waals surface area contributed by atoms with Crippen LogP contribution in [-0.2, 0) is 14.3 Å². The molecule has 0 saturated heterocycles. The number of fused-ring (bicyclic) bond motifs is 1. The first-order chi connectivity index (χ1) is 20.7. The molecule has 1 aromatic carbocycles. The van der Waals surface area contributed by atoms with Crippen molar-refractivity contribution in [2.24, 2.45) is 15.0 Å². The first-order valence-corrected chi connectivity index (χ1v) is 12.8. The Balaban J connectivity index is 2.06. The highest BCUT2D eigenvalue weighted by Crippen LogP contribution is 2.32. The van der Waals surface area contributed by atoms with E-state index in [9.17, 15) is 19.8 Å². The number of nitrogens with zero attached hydrogens (tertiary/aromatic N) is 6. The molecular formula is C29H28N6O9. The molecule has 2 heterocycles. The summed E-state index contributed by atoms with van der Waals surface area (Å²) in [5.74, 6) is 2.06. The molecule has 15 heteroatoms. The van der Waals surface area contributed by atoms with Crippen molar-refractivity contribution in [3.8, 4) is 35.5 Å². The summed E-state index contributed by atoms with van der Waals surface area (Å²) in [5, 5.41) is 50.6. The van der Waals surface area contributed by atoms with E-state index in [1.165, 1.54) is 14.0 Å². The van der Waals surface area contributed by atoms with Crippen LogP contribution in [0.2, 0.25) is 0 Å². The number of aliphatic imine (C=N–C) groups is 3. The summed E-state index contributed by atoms with van der Waals surface area (Å²) in [6.07, 6.45) is 0.919. The van der Waals surface area contributed by atoms with Crippen molar-refractivity contribution in [1.82, 2.24) is 9.78 Å². The molecule has 5 N–H and O–H groups in total. The molecule has 0 radical (unpaired) electrons. The third-order valence-corrected chi connectivity index (χ3v) is 5.76. The van der Waals surface area contributed by atoms with Crippen LogP contribution in [0.3, 0.4) is 0 Å². The molecule has 3 rings (SSSR count). The van der Waals surface area contributed by atoms with Gasteiger partial charge < -0.3 is 39.9 Å². The fourth-order valence-electron chi connectivity index (χ4n) is 3.83. The molecule has 0 spiro atoms. The Morgan fingerprint density at radius 2 is 1.70 bits per heavy atom. The molecule has 44 heavy (non-hydrogen) atoms. The predicted octanol–water partition coefficient (Wildman–Crippen LogP) is -0.352. The second kappa shape index (κ2) is 13.8. The van der Waals surface area contributed by atoms with Gasteiger partial charge in [-0.2, -0.15) is 14.8 Å². The molecule has 0 unspecified atom stereocenters. The van der Waals surface area contributed by atoms with Crippen molar-refractivity contribution < 1.29 is 44.6 Å². The van der Waals surface area contributed by atoms with Gasteiger partial charge in [0.25, 0.3) is 5.91 Å². The third kappa shape index (κ3) is 8.14.